The second kappa shape index (κ2) is 8.31. The first kappa shape index (κ1) is 20.3. The summed E-state index contributed by atoms with van der Waals surface area (Å²) >= 11 is 0. The minimum Gasteiger partial charge on any atom is -0.444 e. The summed E-state index contributed by atoms with van der Waals surface area (Å²) in [6.07, 6.45) is 1.29. The highest BCUT2D eigenvalue weighted by Crippen LogP contribution is 2.24. The maximum atomic E-state index is 12.8. The first-order valence-corrected chi connectivity index (χ1v) is 9.84. The van der Waals surface area contributed by atoms with Crippen LogP contribution in [-0.4, -0.2) is 58.5 Å². The van der Waals surface area contributed by atoms with Crippen molar-refractivity contribution in [3.05, 3.63) is 35.9 Å². The summed E-state index contributed by atoms with van der Waals surface area (Å²) in [4.78, 5) is 40.6. The molecule has 2 fully saturated rings. The highest BCUT2D eigenvalue weighted by Gasteiger charge is 2.42. The van der Waals surface area contributed by atoms with Crippen LogP contribution in [-0.2, 0) is 20.9 Å². The molecule has 2 aliphatic heterocycles. The van der Waals surface area contributed by atoms with Crippen LogP contribution in [0.25, 0.3) is 0 Å². The maximum absolute atomic E-state index is 12.8. The lowest BCUT2D eigenvalue weighted by atomic mass is 10.0. The van der Waals surface area contributed by atoms with Gasteiger partial charge in [0.2, 0.25) is 11.8 Å². The second-order valence-electron chi connectivity index (χ2n) is 8.48. The van der Waals surface area contributed by atoms with Crippen molar-refractivity contribution in [3.63, 3.8) is 0 Å². The zero-order valence-electron chi connectivity index (χ0n) is 16.8. The molecule has 1 aromatic carbocycles. The van der Waals surface area contributed by atoms with Gasteiger partial charge in [0.1, 0.15) is 5.60 Å². The highest BCUT2D eigenvalue weighted by atomic mass is 16.6. The molecule has 1 aromatic rings. The molecule has 2 saturated heterocycles. The van der Waals surface area contributed by atoms with Crippen LogP contribution in [0.2, 0.25) is 0 Å². The topological polar surface area (TPSA) is 79.0 Å². The minimum atomic E-state index is -0.524. The average molecular weight is 387 g/mol. The third-order valence-corrected chi connectivity index (χ3v) is 5.09. The number of piperidine rings is 1. The van der Waals surface area contributed by atoms with Crippen LogP contribution in [0.15, 0.2) is 30.3 Å². The van der Waals surface area contributed by atoms with Crippen LogP contribution in [0.5, 0.6) is 0 Å². The third kappa shape index (κ3) is 5.10. The summed E-state index contributed by atoms with van der Waals surface area (Å²) in [6, 6.07) is 9.19. The molecule has 2 aliphatic rings. The number of hydrogen-bond acceptors (Lipinski definition) is 5. The number of carbonyl (C=O) groups excluding carboxylic acids is 3. The Balaban J connectivity index is 1.51. The Morgan fingerprint density at radius 3 is 2.39 bits per heavy atom. The standard InChI is InChI=1S/C21H29N3O4/c1-21(2,3)28-20(27)22-16-9-11-23(12-10-16)17-13-18(25)24(19(17)26)14-15-7-5-4-6-8-15/h4-8,16-17H,9-14H2,1-3H3,(H,22,27)/t17-/m0/s1. The summed E-state index contributed by atoms with van der Waals surface area (Å²) in [5.74, 6) is -0.236. The lowest BCUT2D eigenvalue weighted by Gasteiger charge is -2.35. The van der Waals surface area contributed by atoms with Gasteiger partial charge in [-0.3, -0.25) is 19.4 Å². The zero-order chi connectivity index (χ0) is 20.3. The van der Waals surface area contributed by atoms with Crippen molar-refractivity contribution in [2.45, 2.75) is 64.3 Å². The number of rotatable bonds is 4. The average Bonchev–Trinajstić information content (AvgIpc) is 2.90. The summed E-state index contributed by atoms with van der Waals surface area (Å²) in [7, 11) is 0. The molecule has 7 nitrogen and oxygen atoms in total. The minimum absolute atomic E-state index is 0.0266. The fourth-order valence-electron chi connectivity index (χ4n) is 3.71. The highest BCUT2D eigenvalue weighted by molar-refractivity contribution is 6.05. The Labute approximate surface area is 166 Å². The molecule has 0 bridgehead atoms. The van der Waals surface area contributed by atoms with Crippen molar-refractivity contribution in [3.8, 4) is 0 Å². The van der Waals surface area contributed by atoms with Gasteiger partial charge in [-0.2, -0.15) is 0 Å². The van der Waals surface area contributed by atoms with E-state index in [0.717, 1.165) is 18.4 Å². The van der Waals surface area contributed by atoms with E-state index >= 15 is 0 Å². The van der Waals surface area contributed by atoms with Crippen LogP contribution in [0.3, 0.4) is 0 Å². The predicted octanol–water partition coefficient (Wildman–Crippen LogP) is 2.30. The Kier molecular flexibility index (Phi) is 6.03. The van der Waals surface area contributed by atoms with Crippen molar-refractivity contribution >= 4 is 17.9 Å². The molecule has 0 radical (unpaired) electrons. The third-order valence-electron chi connectivity index (χ3n) is 5.09. The molecule has 152 valence electrons. The Morgan fingerprint density at radius 1 is 1.14 bits per heavy atom. The van der Waals surface area contributed by atoms with E-state index in [1.165, 1.54) is 4.90 Å². The van der Waals surface area contributed by atoms with E-state index in [4.69, 9.17) is 4.74 Å². The maximum Gasteiger partial charge on any atom is 0.407 e. The fraction of sp³-hybridized carbons (Fsp3) is 0.571. The normalized spacial score (nSPS) is 21.8. The molecule has 0 aromatic heterocycles. The number of nitrogens with one attached hydrogen (secondary N) is 1. The number of likely N-dealkylation sites (tertiary alicyclic amines) is 2. The van der Waals surface area contributed by atoms with Crippen molar-refractivity contribution in [1.29, 1.82) is 0 Å². The van der Waals surface area contributed by atoms with Crippen LogP contribution in [0, 0.1) is 0 Å². The number of benzene rings is 1. The molecule has 0 aliphatic carbocycles. The summed E-state index contributed by atoms with van der Waals surface area (Å²) in [6.45, 7) is 7.16. The van der Waals surface area contributed by atoms with Gasteiger partial charge < -0.3 is 10.1 Å². The molecule has 0 saturated carbocycles. The van der Waals surface area contributed by atoms with Gasteiger partial charge in [-0.05, 0) is 39.2 Å². The van der Waals surface area contributed by atoms with E-state index in [0.29, 0.717) is 19.6 Å². The van der Waals surface area contributed by atoms with Crippen molar-refractivity contribution in [2.24, 2.45) is 0 Å². The monoisotopic (exact) mass is 387 g/mol. The number of nitrogens with zero attached hydrogens (tertiary/aromatic N) is 2. The zero-order valence-corrected chi connectivity index (χ0v) is 16.8. The number of imide groups is 1. The van der Waals surface area contributed by atoms with Gasteiger partial charge in [0.05, 0.1) is 19.0 Å². The van der Waals surface area contributed by atoms with Gasteiger partial charge in [-0.25, -0.2) is 4.79 Å². The quantitative estimate of drug-likeness (QED) is 0.802. The SMILES string of the molecule is CC(C)(C)OC(=O)NC1CCN([C@H]2CC(=O)N(Cc3ccccc3)C2=O)CC1. The van der Waals surface area contributed by atoms with Crippen molar-refractivity contribution < 1.29 is 19.1 Å². The largest absolute Gasteiger partial charge is 0.444 e. The number of hydrogen-bond donors (Lipinski definition) is 1. The molecule has 2 heterocycles. The first-order chi connectivity index (χ1) is 13.2. The van der Waals surface area contributed by atoms with Crippen LogP contribution in [0.4, 0.5) is 4.79 Å². The van der Waals surface area contributed by atoms with Crippen molar-refractivity contribution in [1.82, 2.24) is 15.1 Å². The van der Waals surface area contributed by atoms with Crippen LogP contribution < -0.4 is 5.32 Å². The van der Waals surface area contributed by atoms with Crippen LogP contribution >= 0.6 is 0 Å². The van der Waals surface area contributed by atoms with E-state index in [9.17, 15) is 14.4 Å². The van der Waals surface area contributed by atoms with Gasteiger partial charge in [-0.15, -0.1) is 0 Å². The molecule has 1 N–H and O–H groups in total. The van der Waals surface area contributed by atoms with Crippen LogP contribution in [0.1, 0.15) is 45.6 Å². The number of amides is 3. The number of alkyl carbamates (subject to hydrolysis) is 1. The number of ether oxygens (including phenoxy) is 1. The molecule has 0 unspecified atom stereocenters. The molecular formula is C21H29N3O4. The molecule has 3 rings (SSSR count). The van der Waals surface area contributed by atoms with E-state index in [2.05, 4.69) is 10.2 Å². The van der Waals surface area contributed by atoms with Gasteiger partial charge in [0.15, 0.2) is 0 Å². The summed E-state index contributed by atoms with van der Waals surface area (Å²) < 4.78 is 5.30. The van der Waals surface area contributed by atoms with E-state index < -0.39 is 17.7 Å². The smallest absolute Gasteiger partial charge is 0.407 e. The number of carbonyl (C=O) groups is 3. The Bertz CT molecular complexity index is 721. The van der Waals surface area contributed by atoms with E-state index in [-0.39, 0.29) is 24.3 Å². The van der Waals surface area contributed by atoms with E-state index in [1.54, 1.807) is 0 Å². The molecule has 0 spiro atoms. The molecule has 1 atom stereocenters. The van der Waals surface area contributed by atoms with Gasteiger partial charge in [-0.1, -0.05) is 30.3 Å². The molecule has 7 heteroatoms. The predicted molar refractivity (Wildman–Crippen MR) is 104 cm³/mol. The molecule has 3 amide bonds. The fourth-order valence-corrected chi connectivity index (χ4v) is 3.71. The lowest BCUT2D eigenvalue weighted by Crippen LogP contribution is -2.50. The van der Waals surface area contributed by atoms with Gasteiger partial charge >= 0.3 is 6.09 Å². The Morgan fingerprint density at radius 2 is 1.79 bits per heavy atom. The first-order valence-electron chi connectivity index (χ1n) is 9.84. The van der Waals surface area contributed by atoms with Gasteiger partial charge in [0.25, 0.3) is 0 Å². The summed E-state index contributed by atoms with van der Waals surface area (Å²) in [5.41, 5.74) is 0.425. The Hall–Kier alpha value is -2.41. The molecule has 28 heavy (non-hydrogen) atoms. The van der Waals surface area contributed by atoms with Gasteiger partial charge in [0, 0.05) is 19.1 Å². The second-order valence-corrected chi connectivity index (χ2v) is 8.48. The van der Waals surface area contributed by atoms with Crippen molar-refractivity contribution in [2.75, 3.05) is 13.1 Å². The summed E-state index contributed by atoms with van der Waals surface area (Å²) in [5, 5.41) is 2.90. The lowest BCUT2D eigenvalue weighted by molar-refractivity contribution is -0.140. The molecular weight excluding hydrogens is 358 g/mol. The van der Waals surface area contributed by atoms with E-state index in [1.807, 2.05) is 51.1 Å².